The van der Waals surface area contributed by atoms with Gasteiger partial charge in [0.2, 0.25) is 11.8 Å². The lowest BCUT2D eigenvalue weighted by atomic mass is 10.1. The fraction of sp³-hybridized carbons (Fsp3) is 0.355. The Balaban J connectivity index is 2.10. The Morgan fingerprint density at radius 1 is 0.930 bits per heavy atom. The summed E-state index contributed by atoms with van der Waals surface area (Å²) >= 11 is 18.4. The van der Waals surface area contributed by atoms with Crippen LogP contribution >= 0.6 is 34.8 Å². The lowest BCUT2D eigenvalue weighted by molar-refractivity contribution is -0.140. The fourth-order valence-corrected chi connectivity index (χ4v) is 6.32. The maximum atomic E-state index is 14.2. The Morgan fingerprint density at radius 3 is 2.26 bits per heavy atom. The SMILES string of the molecule is CCCCNC(=O)C(CC)N(Cc1ccc(Cl)c(Cl)c1)C(=O)CN(c1ccccc1OCC)S(=O)(=O)c1ccc(Cl)cc1. The van der Waals surface area contributed by atoms with E-state index in [0.717, 1.165) is 17.1 Å². The molecule has 2 amide bonds. The number of hydrogen-bond donors (Lipinski definition) is 1. The molecule has 0 saturated carbocycles. The lowest BCUT2D eigenvalue weighted by Gasteiger charge is -2.33. The van der Waals surface area contributed by atoms with Crippen molar-refractivity contribution in [3.8, 4) is 5.75 Å². The quantitative estimate of drug-likeness (QED) is 0.177. The predicted octanol–water partition coefficient (Wildman–Crippen LogP) is 6.96. The summed E-state index contributed by atoms with van der Waals surface area (Å²) in [5, 5.41) is 3.91. The largest absolute Gasteiger partial charge is 0.492 e. The van der Waals surface area contributed by atoms with Crippen LogP contribution in [0.5, 0.6) is 5.75 Å². The van der Waals surface area contributed by atoms with Crippen LogP contribution in [0.15, 0.2) is 71.6 Å². The number of hydrogen-bond acceptors (Lipinski definition) is 5. The Labute approximate surface area is 268 Å². The van der Waals surface area contributed by atoms with E-state index in [0.29, 0.717) is 33.6 Å². The van der Waals surface area contributed by atoms with Gasteiger partial charge in [-0.3, -0.25) is 13.9 Å². The molecular formula is C31H36Cl3N3O5S. The van der Waals surface area contributed by atoms with Crippen LogP contribution in [0.25, 0.3) is 0 Å². The van der Waals surface area contributed by atoms with Crippen molar-refractivity contribution in [2.75, 3.05) is 24.0 Å². The highest BCUT2D eigenvalue weighted by Gasteiger charge is 2.34. The van der Waals surface area contributed by atoms with Crippen LogP contribution in [-0.2, 0) is 26.2 Å². The van der Waals surface area contributed by atoms with Gasteiger partial charge in [-0.15, -0.1) is 0 Å². The van der Waals surface area contributed by atoms with Crippen molar-refractivity contribution in [2.45, 2.75) is 57.5 Å². The Kier molecular flexibility index (Phi) is 13.0. The first-order valence-corrected chi connectivity index (χ1v) is 16.6. The number of benzene rings is 3. The molecule has 1 N–H and O–H groups in total. The molecule has 0 aromatic heterocycles. The second-order valence-corrected chi connectivity index (χ2v) is 12.8. The number of nitrogens with one attached hydrogen (secondary N) is 1. The van der Waals surface area contributed by atoms with E-state index in [4.69, 9.17) is 39.5 Å². The van der Waals surface area contributed by atoms with Gasteiger partial charge in [0.25, 0.3) is 10.0 Å². The van der Waals surface area contributed by atoms with Crippen molar-refractivity contribution in [3.63, 3.8) is 0 Å². The van der Waals surface area contributed by atoms with Gasteiger partial charge in [-0.1, -0.05) is 73.3 Å². The second kappa shape index (κ2) is 16.2. The van der Waals surface area contributed by atoms with E-state index in [2.05, 4.69) is 5.32 Å². The van der Waals surface area contributed by atoms with E-state index in [9.17, 15) is 18.0 Å². The van der Waals surface area contributed by atoms with Gasteiger partial charge < -0.3 is 15.0 Å². The molecule has 3 aromatic rings. The van der Waals surface area contributed by atoms with E-state index in [1.165, 1.54) is 29.2 Å². The molecule has 8 nitrogen and oxygen atoms in total. The maximum Gasteiger partial charge on any atom is 0.264 e. The van der Waals surface area contributed by atoms with Gasteiger partial charge in [0.1, 0.15) is 18.3 Å². The van der Waals surface area contributed by atoms with Crippen molar-refractivity contribution in [1.29, 1.82) is 0 Å². The molecule has 3 aromatic carbocycles. The molecule has 3 rings (SSSR count). The van der Waals surface area contributed by atoms with Crippen molar-refractivity contribution >= 4 is 62.3 Å². The number of carbonyl (C=O) groups excluding carboxylic acids is 2. The van der Waals surface area contributed by atoms with Gasteiger partial charge in [-0.05, 0) is 73.9 Å². The topological polar surface area (TPSA) is 96.0 Å². The minimum Gasteiger partial charge on any atom is -0.492 e. The molecule has 1 unspecified atom stereocenters. The van der Waals surface area contributed by atoms with E-state index in [1.807, 2.05) is 6.92 Å². The summed E-state index contributed by atoms with van der Waals surface area (Å²) in [5.41, 5.74) is 0.812. The molecule has 232 valence electrons. The highest BCUT2D eigenvalue weighted by Crippen LogP contribution is 2.33. The van der Waals surface area contributed by atoms with Crippen LogP contribution in [0.4, 0.5) is 5.69 Å². The zero-order valence-electron chi connectivity index (χ0n) is 24.4. The number of carbonyl (C=O) groups is 2. The van der Waals surface area contributed by atoms with E-state index in [1.54, 1.807) is 56.3 Å². The monoisotopic (exact) mass is 667 g/mol. The third-order valence-electron chi connectivity index (χ3n) is 6.67. The predicted molar refractivity (Wildman–Crippen MR) is 173 cm³/mol. The summed E-state index contributed by atoms with van der Waals surface area (Å²) in [6.07, 6.45) is 1.97. The van der Waals surface area contributed by atoms with Gasteiger partial charge in [-0.25, -0.2) is 8.42 Å². The summed E-state index contributed by atoms with van der Waals surface area (Å²) in [4.78, 5) is 28.9. The van der Waals surface area contributed by atoms with Crippen molar-refractivity contribution in [1.82, 2.24) is 10.2 Å². The molecule has 0 saturated heterocycles. The number of para-hydroxylation sites is 2. The fourth-order valence-electron chi connectivity index (χ4n) is 4.45. The van der Waals surface area contributed by atoms with Crippen LogP contribution in [0.1, 0.15) is 45.6 Å². The number of amides is 2. The first-order chi connectivity index (χ1) is 20.5. The molecule has 0 aliphatic rings. The molecule has 0 radical (unpaired) electrons. The Hall–Kier alpha value is -2.98. The molecule has 0 aliphatic carbocycles. The summed E-state index contributed by atoms with van der Waals surface area (Å²) in [7, 11) is -4.29. The summed E-state index contributed by atoms with van der Waals surface area (Å²) in [5.74, 6) is -0.630. The number of unbranched alkanes of at least 4 members (excludes halogenated alkanes) is 1. The van der Waals surface area contributed by atoms with Gasteiger partial charge in [0.05, 0.1) is 27.2 Å². The Bertz CT molecular complexity index is 1500. The zero-order chi connectivity index (χ0) is 31.6. The van der Waals surface area contributed by atoms with E-state index in [-0.39, 0.29) is 35.4 Å². The van der Waals surface area contributed by atoms with Crippen LogP contribution in [0.2, 0.25) is 15.1 Å². The van der Waals surface area contributed by atoms with Gasteiger partial charge in [0.15, 0.2) is 0 Å². The first kappa shape index (κ1) is 34.5. The first-order valence-electron chi connectivity index (χ1n) is 14.0. The van der Waals surface area contributed by atoms with Gasteiger partial charge in [-0.2, -0.15) is 0 Å². The average Bonchev–Trinajstić information content (AvgIpc) is 2.98. The molecule has 0 spiro atoms. The third kappa shape index (κ3) is 9.01. The molecule has 0 aliphatic heterocycles. The summed E-state index contributed by atoms with van der Waals surface area (Å²) in [6.45, 7) is 5.72. The number of anilines is 1. The normalized spacial score (nSPS) is 12.0. The van der Waals surface area contributed by atoms with Crippen LogP contribution in [-0.4, -0.2) is 50.9 Å². The molecule has 12 heteroatoms. The van der Waals surface area contributed by atoms with Crippen molar-refractivity contribution < 1.29 is 22.7 Å². The number of ether oxygens (including phenoxy) is 1. The molecule has 1 atom stereocenters. The van der Waals surface area contributed by atoms with Crippen molar-refractivity contribution in [3.05, 3.63) is 87.4 Å². The summed E-state index contributed by atoms with van der Waals surface area (Å²) in [6, 6.07) is 16.3. The number of halogens is 3. The van der Waals surface area contributed by atoms with Crippen LogP contribution < -0.4 is 14.4 Å². The second-order valence-electron chi connectivity index (χ2n) is 9.71. The molecule has 43 heavy (non-hydrogen) atoms. The van der Waals surface area contributed by atoms with E-state index < -0.39 is 28.5 Å². The molecule has 0 bridgehead atoms. The molecule has 0 heterocycles. The van der Waals surface area contributed by atoms with Crippen LogP contribution in [0.3, 0.4) is 0 Å². The number of sulfonamides is 1. The van der Waals surface area contributed by atoms with Crippen LogP contribution in [0, 0.1) is 0 Å². The summed E-state index contributed by atoms with van der Waals surface area (Å²) < 4.78 is 34.9. The lowest BCUT2D eigenvalue weighted by Crippen LogP contribution is -2.52. The Morgan fingerprint density at radius 2 is 1.63 bits per heavy atom. The highest BCUT2D eigenvalue weighted by molar-refractivity contribution is 7.92. The maximum absolute atomic E-state index is 14.2. The van der Waals surface area contributed by atoms with Gasteiger partial charge in [0, 0.05) is 18.1 Å². The highest BCUT2D eigenvalue weighted by atomic mass is 35.5. The number of nitrogens with zero attached hydrogens (tertiary/aromatic N) is 2. The standard InChI is InChI=1S/C31H36Cl3N3O5S/c1-4-7-18-35-31(39)27(5-2)36(20-22-12-17-25(33)26(34)19-22)30(38)21-37(28-10-8-9-11-29(28)42-6-3)43(40,41)24-15-13-23(32)14-16-24/h8-17,19,27H,4-7,18,20-21H2,1-3H3,(H,35,39). The van der Waals surface area contributed by atoms with E-state index >= 15 is 0 Å². The zero-order valence-corrected chi connectivity index (χ0v) is 27.4. The third-order valence-corrected chi connectivity index (χ3v) is 9.43. The smallest absolute Gasteiger partial charge is 0.264 e. The van der Waals surface area contributed by atoms with Gasteiger partial charge >= 0.3 is 0 Å². The minimum atomic E-state index is -4.29. The minimum absolute atomic E-state index is 0.00261. The molecule has 0 fully saturated rings. The van der Waals surface area contributed by atoms with Crippen molar-refractivity contribution in [2.24, 2.45) is 0 Å². The molecular weight excluding hydrogens is 633 g/mol. The number of rotatable bonds is 15. The average molecular weight is 669 g/mol.